The fourth-order valence-electron chi connectivity index (χ4n) is 3.95. The maximum absolute atomic E-state index is 12.0. The summed E-state index contributed by atoms with van der Waals surface area (Å²) in [5.41, 5.74) is 3.13. The van der Waals surface area contributed by atoms with Crippen LogP contribution >= 0.6 is 0 Å². The lowest BCUT2D eigenvalue weighted by molar-refractivity contribution is -0.384. The van der Waals surface area contributed by atoms with Crippen LogP contribution in [0.25, 0.3) is 0 Å². The lowest BCUT2D eigenvalue weighted by Gasteiger charge is -2.30. The standard InChI is InChI=1S/C27H30N6O5/c1-5-26(18(3)35)32(6-2)22-11-7-20(8-12-22)28-30-24-16-27(38-4)25(15-19(24)17-34)31-29-21-9-13-23(14-10-21)33(36)37/h7-16,26,34H,5-6,17H2,1-4H3. The van der Waals surface area contributed by atoms with Gasteiger partial charge in [0.05, 0.1) is 41.7 Å². The predicted molar refractivity (Wildman–Crippen MR) is 145 cm³/mol. The number of rotatable bonds is 12. The Morgan fingerprint density at radius 2 is 1.55 bits per heavy atom. The number of nitrogens with zero attached hydrogens (tertiary/aromatic N) is 6. The largest absolute Gasteiger partial charge is 0.494 e. The molecule has 0 aliphatic rings. The lowest BCUT2D eigenvalue weighted by atomic mass is 10.1. The number of benzene rings is 3. The van der Waals surface area contributed by atoms with Crippen molar-refractivity contribution in [3.63, 3.8) is 0 Å². The molecule has 1 unspecified atom stereocenters. The summed E-state index contributed by atoms with van der Waals surface area (Å²) in [6.45, 7) is 6.00. The van der Waals surface area contributed by atoms with Crippen LogP contribution in [0.4, 0.5) is 34.1 Å². The summed E-state index contributed by atoms with van der Waals surface area (Å²) >= 11 is 0. The highest BCUT2D eigenvalue weighted by molar-refractivity contribution is 5.85. The van der Waals surface area contributed by atoms with Crippen molar-refractivity contribution in [1.82, 2.24) is 0 Å². The molecule has 3 rings (SSSR count). The number of carbonyl (C=O) groups is 1. The molecule has 0 amide bonds. The molecule has 3 aromatic carbocycles. The molecule has 0 aliphatic heterocycles. The number of likely N-dealkylation sites (N-methyl/N-ethyl adjacent to an activating group) is 1. The fourth-order valence-corrected chi connectivity index (χ4v) is 3.95. The minimum absolute atomic E-state index is 0.0441. The smallest absolute Gasteiger partial charge is 0.269 e. The fraction of sp³-hybridized carbons (Fsp3) is 0.296. The van der Waals surface area contributed by atoms with Crippen LogP contribution in [-0.4, -0.2) is 35.5 Å². The van der Waals surface area contributed by atoms with E-state index in [1.54, 1.807) is 19.1 Å². The summed E-state index contributed by atoms with van der Waals surface area (Å²) in [6.07, 6.45) is 0.722. The van der Waals surface area contributed by atoms with E-state index in [1.807, 2.05) is 38.1 Å². The molecule has 38 heavy (non-hydrogen) atoms. The van der Waals surface area contributed by atoms with Gasteiger partial charge in [-0.25, -0.2) is 0 Å². The molecule has 3 aromatic rings. The number of aliphatic hydroxyl groups excluding tert-OH is 1. The maximum atomic E-state index is 12.0. The summed E-state index contributed by atoms with van der Waals surface area (Å²) in [7, 11) is 1.47. The Balaban J connectivity index is 1.83. The molecule has 0 radical (unpaired) electrons. The number of aliphatic hydroxyl groups is 1. The van der Waals surface area contributed by atoms with E-state index in [0.29, 0.717) is 40.6 Å². The Morgan fingerprint density at radius 3 is 2.03 bits per heavy atom. The number of ether oxygens (including phenoxy) is 1. The van der Waals surface area contributed by atoms with Gasteiger partial charge in [0, 0.05) is 36.0 Å². The zero-order chi connectivity index (χ0) is 27.7. The molecule has 1 atom stereocenters. The van der Waals surface area contributed by atoms with Crippen LogP contribution in [0.1, 0.15) is 32.8 Å². The first-order valence-electron chi connectivity index (χ1n) is 12.1. The normalized spacial score (nSPS) is 12.1. The molecule has 1 N–H and O–H groups in total. The molecule has 11 heteroatoms. The van der Waals surface area contributed by atoms with E-state index in [4.69, 9.17) is 4.74 Å². The molecular formula is C27H30N6O5. The van der Waals surface area contributed by atoms with Crippen molar-refractivity contribution in [3.8, 4) is 5.75 Å². The Kier molecular flexibility index (Phi) is 9.72. The number of anilines is 1. The summed E-state index contributed by atoms with van der Waals surface area (Å²) < 4.78 is 5.42. The van der Waals surface area contributed by atoms with E-state index in [9.17, 15) is 20.0 Å². The Hall–Kier alpha value is -4.51. The first-order valence-corrected chi connectivity index (χ1v) is 12.1. The minimum Gasteiger partial charge on any atom is -0.494 e. The number of hydrogen-bond acceptors (Lipinski definition) is 10. The number of carbonyl (C=O) groups excluding carboxylic acids is 1. The summed E-state index contributed by atoms with van der Waals surface area (Å²) in [5.74, 6) is 0.491. The molecule has 0 saturated heterocycles. The number of hydrogen-bond donors (Lipinski definition) is 1. The number of Topliss-reactive ketones (excluding diaryl/α,β-unsaturated/α-hetero) is 1. The third kappa shape index (κ3) is 6.83. The van der Waals surface area contributed by atoms with Crippen molar-refractivity contribution < 1.29 is 19.6 Å². The van der Waals surface area contributed by atoms with Gasteiger partial charge in [-0.3, -0.25) is 14.9 Å². The van der Waals surface area contributed by atoms with Crippen molar-refractivity contribution in [2.45, 2.75) is 39.8 Å². The summed E-state index contributed by atoms with van der Waals surface area (Å²) in [6, 6.07) is 16.1. The van der Waals surface area contributed by atoms with Gasteiger partial charge in [0.15, 0.2) is 5.78 Å². The Morgan fingerprint density at radius 1 is 0.974 bits per heavy atom. The molecule has 11 nitrogen and oxygen atoms in total. The van der Waals surface area contributed by atoms with Crippen molar-refractivity contribution in [1.29, 1.82) is 0 Å². The second-order valence-corrected chi connectivity index (χ2v) is 8.32. The van der Waals surface area contributed by atoms with Gasteiger partial charge in [0.2, 0.25) is 0 Å². The number of azo groups is 2. The van der Waals surface area contributed by atoms with E-state index in [0.717, 1.165) is 12.1 Å². The second kappa shape index (κ2) is 13.2. The van der Waals surface area contributed by atoms with E-state index >= 15 is 0 Å². The van der Waals surface area contributed by atoms with Gasteiger partial charge in [-0.2, -0.15) is 15.3 Å². The Bertz CT molecular complexity index is 1320. The van der Waals surface area contributed by atoms with Gasteiger partial charge >= 0.3 is 0 Å². The number of nitro groups is 1. The minimum atomic E-state index is -0.491. The number of nitro benzene ring substituents is 1. The molecule has 0 aromatic heterocycles. The summed E-state index contributed by atoms with van der Waals surface area (Å²) in [4.78, 5) is 24.4. The topological polar surface area (TPSA) is 142 Å². The molecule has 0 aliphatic carbocycles. The first kappa shape index (κ1) is 28.1. The number of non-ortho nitro benzene ring substituents is 1. The van der Waals surface area contributed by atoms with Crippen LogP contribution in [0, 0.1) is 10.1 Å². The zero-order valence-corrected chi connectivity index (χ0v) is 21.7. The van der Waals surface area contributed by atoms with Gasteiger partial charge in [-0.05, 0) is 62.7 Å². The van der Waals surface area contributed by atoms with Gasteiger partial charge < -0.3 is 14.7 Å². The van der Waals surface area contributed by atoms with Gasteiger partial charge in [-0.1, -0.05) is 6.92 Å². The van der Waals surface area contributed by atoms with Crippen LogP contribution in [0.15, 0.2) is 81.1 Å². The van der Waals surface area contributed by atoms with Crippen LogP contribution in [-0.2, 0) is 11.4 Å². The first-order chi connectivity index (χ1) is 18.3. The Labute approximate surface area is 220 Å². The van der Waals surface area contributed by atoms with Crippen molar-refractivity contribution >= 4 is 39.9 Å². The molecule has 0 spiro atoms. The second-order valence-electron chi connectivity index (χ2n) is 8.32. The summed E-state index contributed by atoms with van der Waals surface area (Å²) in [5, 5.41) is 37.6. The third-order valence-electron chi connectivity index (χ3n) is 5.91. The van der Waals surface area contributed by atoms with E-state index < -0.39 is 4.92 Å². The van der Waals surface area contributed by atoms with Gasteiger partial charge in [0.25, 0.3) is 5.69 Å². The molecule has 198 valence electrons. The quantitative estimate of drug-likeness (QED) is 0.154. The number of methoxy groups -OCH3 is 1. The average Bonchev–Trinajstić information content (AvgIpc) is 2.93. The van der Waals surface area contributed by atoms with Crippen LogP contribution < -0.4 is 9.64 Å². The van der Waals surface area contributed by atoms with Crippen molar-refractivity contribution in [3.05, 3.63) is 76.3 Å². The van der Waals surface area contributed by atoms with Crippen LogP contribution in [0.5, 0.6) is 5.75 Å². The monoisotopic (exact) mass is 518 g/mol. The van der Waals surface area contributed by atoms with Gasteiger partial charge in [0.1, 0.15) is 11.4 Å². The van der Waals surface area contributed by atoms with E-state index in [-0.39, 0.29) is 24.1 Å². The highest BCUT2D eigenvalue weighted by Gasteiger charge is 2.20. The third-order valence-corrected chi connectivity index (χ3v) is 5.91. The lowest BCUT2D eigenvalue weighted by Crippen LogP contribution is -2.39. The van der Waals surface area contributed by atoms with Crippen molar-refractivity contribution in [2.75, 3.05) is 18.6 Å². The molecule has 0 saturated carbocycles. The average molecular weight is 519 g/mol. The number of ketones is 1. The highest BCUT2D eigenvalue weighted by Crippen LogP contribution is 2.37. The SMILES string of the molecule is CCC(C(C)=O)N(CC)c1ccc(N=Nc2cc(OC)c(N=Nc3ccc([N+](=O)[O-])cc3)cc2CO)cc1. The van der Waals surface area contributed by atoms with E-state index in [2.05, 4.69) is 25.4 Å². The van der Waals surface area contributed by atoms with Crippen molar-refractivity contribution in [2.24, 2.45) is 20.5 Å². The van der Waals surface area contributed by atoms with Gasteiger partial charge in [-0.15, -0.1) is 5.11 Å². The molecule has 0 heterocycles. The molecule has 0 fully saturated rings. The highest BCUT2D eigenvalue weighted by atomic mass is 16.6. The maximum Gasteiger partial charge on any atom is 0.269 e. The predicted octanol–water partition coefficient (Wildman–Crippen LogP) is 7.12. The molecular weight excluding hydrogens is 488 g/mol. The van der Waals surface area contributed by atoms with E-state index in [1.165, 1.54) is 31.4 Å². The zero-order valence-electron chi connectivity index (χ0n) is 21.7. The van der Waals surface area contributed by atoms with Crippen LogP contribution in [0.2, 0.25) is 0 Å². The molecule has 0 bridgehead atoms. The van der Waals surface area contributed by atoms with Crippen LogP contribution in [0.3, 0.4) is 0 Å².